The van der Waals surface area contributed by atoms with Crippen molar-refractivity contribution in [3.8, 4) is 61.3 Å². The molecule has 0 N–H and O–H groups in total. The molecule has 0 radical (unpaired) electrons. The summed E-state index contributed by atoms with van der Waals surface area (Å²) in [6, 6.07) is 86.7. The number of hydrogen-bond donors (Lipinski definition) is 0. The molecule has 1 heterocycles. The molecular weight excluding hydrogens is 735 g/mol. The number of hydrogen-bond acceptors (Lipinski definition) is 0. The van der Waals surface area contributed by atoms with Crippen LogP contribution < -0.4 is 0 Å². The van der Waals surface area contributed by atoms with E-state index in [2.05, 4.69) is 241 Å². The van der Waals surface area contributed by atoms with Gasteiger partial charge < -0.3 is 4.57 Å². The number of nitrogens with zero attached hydrogens (tertiary/aromatic N) is 1. The molecule has 12 rings (SSSR count). The molecule has 1 heteroatoms. The minimum Gasteiger partial charge on any atom is -0.309 e. The Morgan fingerprint density at radius 1 is 0.213 bits per heavy atom. The van der Waals surface area contributed by atoms with Crippen LogP contribution in [0, 0.1) is 0 Å². The molecule has 61 heavy (non-hydrogen) atoms. The summed E-state index contributed by atoms with van der Waals surface area (Å²) in [4.78, 5) is 0. The lowest BCUT2D eigenvalue weighted by atomic mass is 9.85. The number of benzene rings is 11. The van der Waals surface area contributed by atoms with Gasteiger partial charge in [0.1, 0.15) is 0 Å². The first-order chi connectivity index (χ1) is 30.2. The molecular formula is C60H39N. The second kappa shape index (κ2) is 14.4. The van der Waals surface area contributed by atoms with Crippen LogP contribution in [0.25, 0.3) is 115 Å². The largest absolute Gasteiger partial charge is 0.309 e. The Morgan fingerprint density at radius 2 is 0.639 bits per heavy atom. The van der Waals surface area contributed by atoms with Crippen molar-refractivity contribution in [2.45, 2.75) is 0 Å². The summed E-state index contributed by atoms with van der Waals surface area (Å²) in [5.74, 6) is 0. The Balaban J connectivity index is 0.947. The molecule has 0 bridgehead atoms. The second-order valence-electron chi connectivity index (χ2n) is 16.1. The third-order valence-corrected chi connectivity index (χ3v) is 12.6. The van der Waals surface area contributed by atoms with Gasteiger partial charge >= 0.3 is 0 Å². The quantitative estimate of drug-likeness (QED) is 0.148. The second-order valence-corrected chi connectivity index (χ2v) is 16.1. The van der Waals surface area contributed by atoms with E-state index in [9.17, 15) is 0 Å². The highest BCUT2D eigenvalue weighted by Gasteiger charge is 2.18. The Hall–Kier alpha value is -8.00. The Kier molecular flexibility index (Phi) is 8.25. The molecule has 1 aromatic heterocycles. The van der Waals surface area contributed by atoms with E-state index in [1.165, 1.54) is 110 Å². The highest BCUT2D eigenvalue weighted by atomic mass is 15.0. The highest BCUT2D eigenvalue weighted by molar-refractivity contribution is 6.21. The fraction of sp³-hybridized carbons (Fsp3) is 0. The van der Waals surface area contributed by atoms with Crippen molar-refractivity contribution < 1.29 is 0 Å². The number of aromatic nitrogens is 1. The minimum absolute atomic E-state index is 1.14. The van der Waals surface area contributed by atoms with Crippen LogP contribution in [-0.2, 0) is 0 Å². The molecule has 0 aliphatic heterocycles. The van der Waals surface area contributed by atoms with Gasteiger partial charge in [-0.1, -0.05) is 194 Å². The van der Waals surface area contributed by atoms with Gasteiger partial charge in [0, 0.05) is 16.5 Å². The van der Waals surface area contributed by atoms with Crippen molar-refractivity contribution in [2.24, 2.45) is 0 Å². The molecule has 0 saturated heterocycles. The fourth-order valence-electron chi connectivity index (χ4n) is 9.67. The van der Waals surface area contributed by atoms with E-state index >= 15 is 0 Å². The van der Waals surface area contributed by atoms with Crippen molar-refractivity contribution in [3.05, 3.63) is 237 Å². The standard InChI is InChI=1S/C60H39N/c1-2-13-40(14-3-1)46-17-12-18-47(37-46)49-33-36-58-56(39-49)51-19-10-11-24-57(51)61(58)50-34-31-44(32-35-50)60-54-22-8-6-20-52(54)59(53-21-7-9-23-55(53)60)43-28-25-42(26-29-43)48-30-27-41-15-4-5-16-45(41)38-48/h1-39H. The molecule has 11 aromatic carbocycles. The maximum absolute atomic E-state index is 2.42. The van der Waals surface area contributed by atoms with E-state index in [0.717, 1.165) is 5.69 Å². The normalized spacial score (nSPS) is 11.6. The summed E-state index contributed by atoms with van der Waals surface area (Å²) in [6.45, 7) is 0. The van der Waals surface area contributed by atoms with Crippen LogP contribution in [0.15, 0.2) is 237 Å². The monoisotopic (exact) mass is 773 g/mol. The van der Waals surface area contributed by atoms with Crippen molar-refractivity contribution in [1.29, 1.82) is 0 Å². The molecule has 0 aliphatic rings. The van der Waals surface area contributed by atoms with Gasteiger partial charge in [-0.2, -0.15) is 0 Å². The molecule has 0 fully saturated rings. The maximum atomic E-state index is 2.42. The summed E-state index contributed by atoms with van der Waals surface area (Å²) in [5, 5.41) is 10.0. The van der Waals surface area contributed by atoms with Gasteiger partial charge in [-0.15, -0.1) is 0 Å². The Morgan fingerprint density at radius 3 is 1.31 bits per heavy atom. The van der Waals surface area contributed by atoms with E-state index < -0.39 is 0 Å². The van der Waals surface area contributed by atoms with Gasteiger partial charge in [0.2, 0.25) is 0 Å². The first kappa shape index (κ1) is 35.0. The molecule has 0 aliphatic carbocycles. The summed E-state index contributed by atoms with van der Waals surface area (Å²) in [7, 11) is 0. The predicted octanol–water partition coefficient (Wildman–Crippen LogP) is 16.6. The number of rotatable bonds is 6. The summed E-state index contributed by atoms with van der Waals surface area (Å²) >= 11 is 0. The van der Waals surface area contributed by atoms with Crippen LogP contribution in [-0.4, -0.2) is 4.57 Å². The third kappa shape index (κ3) is 5.93. The Labute approximate surface area is 355 Å². The average molecular weight is 774 g/mol. The van der Waals surface area contributed by atoms with Crippen molar-refractivity contribution in [3.63, 3.8) is 0 Å². The molecule has 284 valence electrons. The van der Waals surface area contributed by atoms with Crippen LogP contribution in [0.4, 0.5) is 0 Å². The zero-order valence-corrected chi connectivity index (χ0v) is 33.5. The molecule has 0 atom stereocenters. The molecule has 12 aromatic rings. The molecule has 0 unspecified atom stereocenters. The van der Waals surface area contributed by atoms with Crippen LogP contribution in [0.1, 0.15) is 0 Å². The van der Waals surface area contributed by atoms with Gasteiger partial charge in [0.15, 0.2) is 0 Å². The van der Waals surface area contributed by atoms with Crippen LogP contribution in [0.2, 0.25) is 0 Å². The number of para-hydroxylation sites is 1. The SMILES string of the molecule is c1ccc(-c2cccc(-c3ccc4c(c3)c3ccccc3n4-c3ccc(-c4c5ccccc5c(-c5ccc(-c6ccc7ccccc7c6)cc5)c5ccccc45)cc3)c2)cc1. The van der Waals surface area contributed by atoms with E-state index in [0.29, 0.717) is 0 Å². The van der Waals surface area contributed by atoms with E-state index in [-0.39, 0.29) is 0 Å². The number of fused-ring (bicyclic) bond motifs is 6. The van der Waals surface area contributed by atoms with Gasteiger partial charge in [0.25, 0.3) is 0 Å². The smallest absolute Gasteiger partial charge is 0.0541 e. The maximum Gasteiger partial charge on any atom is 0.0541 e. The fourth-order valence-corrected chi connectivity index (χ4v) is 9.67. The summed E-state index contributed by atoms with van der Waals surface area (Å²) in [5.41, 5.74) is 15.8. The highest BCUT2D eigenvalue weighted by Crippen LogP contribution is 2.44. The summed E-state index contributed by atoms with van der Waals surface area (Å²) < 4.78 is 2.42. The lowest BCUT2D eigenvalue weighted by Crippen LogP contribution is -1.95. The first-order valence-corrected chi connectivity index (χ1v) is 21.1. The summed E-state index contributed by atoms with van der Waals surface area (Å²) in [6.07, 6.45) is 0. The molecule has 1 nitrogen and oxygen atoms in total. The topological polar surface area (TPSA) is 4.93 Å². The average Bonchev–Trinajstić information content (AvgIpc) is 3.67. The van der Waals surface area contributed by atoms with Crippen LogP contribution >= 0.6 is 0 Å². The van der Waals surface area contributed by atoms with Crippen molar-refractivity contribution in [2.75, 3.05) is 0 Å². The van der Waals surface area contributed by atoms with Crippen LogP contribution in [0.5, 0.6) is 0 Å². The zero-order chi connectivity index (χ0) is 40.3. The first-order valence-electron chi connectivity index (χ1n) is 21.1. The molecule has 0 saturated carbocycles. The molecule has 0 spiro atoms. The lowest BCUT2D eigenvalue weighted by molar-refractivity contribution is 1.18. The van der Waals surface area contributed by atoms with Crippen molar-refractivity contribution >= 4 is 54.1 Å². The van der Waals surface area contributed by atoms with Gasteiger partial charge in [0.05, 0.1) is 11.0 Å². The molecule has 0 amide bonds. The zero-order valence-electron chi connectivity index (χ0n) is 33.5. The third-order valence-electron chi connectivity index (χ3n) is 12.6. The van der Waals surface area contributed by atoms with Gasteiger partial charge in [-0.3, -0.25) is 0 Å². The van der Waals surface area contributed by atoms with E-state index in [1.807, 2.05) is 0 Å². The lowest BCUT2D eigenvalue weighted by Gasteiger charge is -2.18. The van der Waals surface area contributed by atoms with Gasteiger partial charge in [-0.25, -0.2) is 0 Å². The predicted molar refractivity (Wildman–Crippen MR) is 260 cm³/mol. The van der Waals surface area contributed by atoms with Crippen LogP contribution in [0.3, 0.4) is 0 Å². The van der Waals surface area contributed by atoms with Crippen molar-refractivity contribution in [1.82, 2.24) is 4.57 Å². The van der Waals surface area contributed by atoms with E-state index in [1.54, 1.807) is 0 Å². The van der Waals surface area contributed by atoms with Gasteiger partial charge in [-0.05, 0) is 130 Å². The Bertz CT molecular complexity index is 3550. The van der Waals surface area contributed by atoms with E-state index in [4.69, 9.17) is 0 Å². The minimum atomic E-state index is 1.14.